The summed E-state index contributed by atoms with van der Waals surface area (Å²) in [5.74, 6) is 4.00. The van der Waals surface area contributed by atoms with E-state index in [-0.39, 0.29) is 0 Å². The summed E-state index contributed by atoms with van der Waals surface area (Å²) in [5.41, 5.74) is 1.19. The van der Waals surface area contributed by atoms with Crippen molar-refractivity contribution in [3.8, 4) is 0 Å². The molecule has 2 nitrogen and oxygen atoms in total. The highest BCUT2D eigenvalue weighted by atomic mass is 32.2. The predicted octanol–water partition coefficient (Wildman–Crippen LogP) is 2.86. The standard InChI is InChI=1S/C14H21NOS/c1-12-7-9-14(10-8-12)17(3,16)15-11-5-4-6-13(15)2/h7-10,13H,3-6,11H2,1-2H3/t13-,17?/m1/s1. The number of rotatable bonds is 2. The quantitative estimate of drug-likeness (QED) is 0.740. The zero-order valence-electron chi connectivity index (χ0n) is 10.7. The van der Waals surface area contributed by atoms with E-state index >= 15 is 0 Å². The molecule has 1 unspecified atom stereocenters. The molecule has 0 spiro atoms. The molecule has 1 aromatic carbocycles. The van der Waals surface area contributed by atoms with Crippen molar-refractivity contribution in [2.45, 2.75) is 44.0 Å². The molecule has 1 aromatic rings. The molecule has 1 fully saturated rings. The maximum Gasteiger partial charge on any atom is 0.0560 e. The second-order valence-electron chi connectivity index (χ2n) is 4.94. The van der Waals surface area contributed by atoms with Crippen molar-refractivity contribution in [2.24, 2.45) is 0 Å². The Morgan fingerprint density at radius 1 is 1.29 bits per heavy atom. The third-order valence-corrected chi connectivity index (χ3v) is 5.82. The fourth-order valence-electron chi connectivity index (χ4n) is 2.40. The van der Waals surface area contributed by atoms with Crippen LogP contribution in [0.3, 0.4) is 0 Å². The Bertz CT molecular complexity index is 475. The van der Waals surface area contributed by atoms with Crippen LogP contribution in [0.25, 0.3) is 0 Å². The minimum Gasteiger partial charge on any atom is -0.248 e. The zero-order chi connectivity index (χ0) is 12.5. The number of hydrogen-bond donors (Lipinski definition) is 0. The van der Waals surface area contributed by atoms with Crippen LogP contribution in [-0.4, -0.2) is 27.0 Å². The van der Waals surface area contributed by atoms with Gasteiger partial charge in [-0.05, 0) is 44.7 Å². The van der Waals surface area contributed by atoms with E-state index in [1.165, 1.54) is 12.0 Å². The Balaban J connectivity index is 2.32. The van der Waals surface area contributed by atoms with Gasteiger partial charge in [-0.1, -0.05) is 24.1 Å². The Morgan fingerprint density at radius 2 is 1.94 bits per heavy atom. The molecule has 0 N–H and O–H groups in total. The highest BCUT2D eigenvalue weighted by molar-refractivity contribution is 7.98. The molecule has 0 radical (unpaired) electrons. The second-order valence-corrected chi connectivity index (χ2v) is 7.16. The monoisotopic (exact) mass is 251 g/mol. The van der Waals surface area contributed by atoms with Gasteiger partial charge in [0.1, 0.15) is 0 Å². The number of aryl methyl sites for hydroxylation is 1. The SMILES string of the molecule is C=S(=O)(c1ccc(C)cc1)N1CCCC[C@H]1C. The molecule has 94 valence electrons. The molecule has 0 aliphatic carbocycles. The van der Waals surface area contributed by atoms with E-state index in [1.807, 2.05) is 31.2 Å². The number of hydrogen-bond acceptors (Lipinski definition) is 1. The molecule has 1 saturated heterocycles. The number of nitrogens with zero attached hydrogens (tertiary/aromatic N) is 1. The third kappa shape index (κ3) is 2.55. The van der Waals surface area contributed by atoms with Gasteiger partial charge < -0.3 is 0 Å². The molecule has 1 heterocycles. The van der Waals surface area contributed by atoms with Crippen LogP contribution in [-0.2, 0) is 9.71 Å². The van der Waals surface area contributed by atoms with E-state index in [0.717, 1.165) is 24.3 Å². The van der Waals surface area contributed by atoms with Crippen molar-refractivity contribution >= 4 is 15.6 Å². The summed E-state index contributed by atoms with van der Waals surface area (Å²) in [6.07, 6.45) is 3.49. The van der Waals surface area contributed by atoms with E-state index in [0.29, 0.717) is 6.04 Å². The zero-order valence-corrected chi connectivity index (χ0v) is 11.5. The lowest BCUT2D eigenvalue weighted by Gasteiger charge is -2.35. The number of benzene rings is 1. The maximum atomic E-state index is 12.9. The van der Waals surface area contributed by atoms with Gasteiger partial charge in [-0.2, -0.15) is 0 Å². The first kappa shape index (κ1) is 12.7. The average molecular weight is 251 g/mol. The van der Waals surface area contributed by atoms with Gasteiger partial charge in [-0.3, -0.25) is 0 Å². The summed E-state index contributed by atoms with van der Waals surface area (Å²) in [7, 11) is -2.29. The summed E-state index contributed by atoms with van der Waals surface area (Å²) in [6.45, 7) is 5.09. The molecule has 0 aromatic heterocycles. The molecule has 2 rings (SSSR count). The fraction of sp³-hybridized carbons (Fsp3) is 0.500. The largest absolute Gasteiger partial charge is 0.248 e. The van der Waals surface area contributed by atoms with Crippen molar-refractivity contribution in [3.05, 3.63) is 29.8 Å². The Labute approximate surface area is 105 Å². The molecular weight excluding hydrogens is 230 g/mol. The van der Waals surface area contributed by atoms with Crippen LogP contribution in [0.4, 0.5) is 0 Å². The number of piperidine rings is 1. The van der Waals surface area contributed by atoms with Gasteiger partial charge in [0, 0.05) is 17.5 Å². The Morgan fingerprint density at radius 3 is 2.53 bits per heavy atom. The van der Waals surface area contributed by atoms with E-state index in [4.69, 9.17) is 0 Å². The van der Waals surface area contributed by atoms with Gasteiger partial charge in [0.05, 0.1) is 9.71 Å². The van der Waals surface area contributed by atoms with Crippen LogP contribution >= 0.6 is 0 Å². The van der Waals surface area contributed by atoms with Crippen molar-refractivity contribution in [1.82, 2.24) is 4.31 Å². The molecule has 3 heteroatoms. The van der Waals surface area contributed by atoms with Crippen molar-refractivity contribution in [2.75, 3.05) is 6.54 Å². The van der Waals surface area contributed by atoms with Crippen LogP contribution in [0.1, 0.15) is 31.7 Å². The van der Waals surface area contributed by atoms with Crippen molar-refractivity contribution in [1.29, 1.82) is 0 Å². The normalized spacial score (nSPS) is 25.4. The summed E-state index contributed by atoms with van der Waals surface area (Å²) < 4.78 is 15.0. The Kier molecular flexibility index (Phi) is 3.59. The molecule has 2 atom stereocenters. The first-order chi connectivity index (χ1) is 8.01. The summed E-state index contributed by atoms with van der Waals surface area (Å²) >= 11 is 0. The molecular formula is C14H21NOS. The minimum atomic E-state index is -2.29. The lowest BCUT2D eigenvalue weighted by molar-refractivity contribution is 0.280. The minimum absolute atomic E-state index is 0.370. The van der Waals surface area contributed by atoms with E-state index < -0.39 is 9.71 Å². The van der Waals surface area contributed by atoms with Crippen LogP contribution < -0.4 is 0 Å². The lowest BCUT2D eigenvalue weighted by atomic mass is 10.1. The average Bonchev–Trinajstić information content (AvgIpc) is 2.30. The smallest absolute Gasteiger partial charge is 0.0560 e. The Hall–Kier alpha value is -0.800. The van der Waals surface area contributed by atoms with Crippen LogP contribution in [0.15, 0.2) is 29.2 Å². The third-order valence-electron chi connectivity index (χ3n) is 3.51. The highest BCUT2D eigenvalue weighted by Gasteiger charge is 2.26. The maximum absolute atomic E-state index is 12.9. The highest BCUT2D eigenvalue weighted by Crippen LogP contribution is 2.25. The van der Waals surface area contributed by atoms with Gasteiger partial charge >= 0.3 is 0 Å². The van der Waals surface area contributed by atoms with E-state index in [2.05, 4.69) is 17.1 Å². The molecule has 17 heavy (non-hydrogen) atoms. The fourth-order valence-corrected chi connectivity index (χ4v) is 4.34. The van der Waals surface area contributed by atoms with Crippen molar-refractivity contribution in [3.63, 3.8) is 0 Å². The summed E-state index contributed by atoms with van der Waals surface area (Å²) in [6, 6.07) is 8.29. The van der Waals surface area contributed by atoms with Gasteiger partial charge in [0.25, 0.3) is 0 Å². The van der Waals surface area contributed by atoms with Crippen LogP contribution in [0.2, 0.25) is 0 Å². The van der Waals surface area contributed by atoms with Crippen LogP contribution in [0, 0.1) is 6.92 Å². The molecule has 0 amide bonds. The topological polar surface area (TPSA) is 20.3 Å². The van der Waals surface area contributed by atoms with Gasteiger partial charge in [-0.25, -0.2) is 8.51 Å². The molecule has 1 aliphatic rings. The van der Waals surface area contributed by atoms with Gasteiger partial charge in [0.15, 0.2) is 0 Å². The second kappa shape index (κ2) is 4.83. The van der Waals surface area contributed by atoms with Crippen molar-refractivity contribution < 1.29 is 4.21 Å². The molecule has 0 bridgehead atoms. The first-order valence-corrected chi connectivity index (χ1v) is 7.91. The van der Waals surface area contributed by atoms with E-state index in [1.54, 1.807) is 0 Å². The summed E-state index contributed by atoms with van der Waals surface area (Å²) in [4.78, 5) is 0.858. The van der Waals surface area contributed by atoms with Gasteiger partial charge in [-0.15, -0.1) is 0 Å². The summed E-state index contributed by atoms with van der Waals surface area (Å²) in [5, 5.41) is 0. The lowest BCUT2D eigenvalue weighted by Crippen LogP contribution is -2.41. The molecule has 0 saturated carbocycles. The van der Waals surface area contributed by atoms with Crippen LogP contribution in [0.5, 0.6) is 0 Å². The first-order valence-electron chi connectivity index (χ1n) is 6.22. The van der Waals surface area contributed by atoms with Gasteiger partial charge in [0.2, 0.25) is 0 Å². The molecule has 1 aliphatic heterocycles. The predicted molar refractivity (Wildman–Crippen MR) is 74.7 cm³/mol. The van der Waals surface area contributed by atoms with E-state index in [9.17, 15) is 4.21 Å².